The van der Waals surface area contributed by atoms with Gasteiger partial charge in [0.1, 0.15) is 0 Å². The van der Waals surface area contributed by atoms with E-state index in [2.05, 4.69) is 40.8 Å². The number of ether oxygens (including phenoxy) is 1. The molecule has 3 N–H and O–H groups in total. The Morgan fingerprint density at radius 3 is 2.61 bits per heavy atom. The molecule has 7 rings (SSSR count). The highest BCUT2D eigenvalue weighted by atomic mass is 19.2. The van der Waals surface area contributed by atoms with Crippen LogP contribution in [0.3, 0.4) is 0 Å². The van der Waals surface area contributed by atoms with Crippen molar-refractivity contribution in [3.05, 3.63) is 90.1 Å². The molecule has 5 aromatic rings. The topological polar surface area (TPSA) is 122 Å². The average Bonchev–Trinajstić information content (AvgIpc) is 3.81. The lowest BCUT2D eigenvalue weighted by atomic mass is 9.95. The number of anilines is 2. The summed E-state index contributed by atoms with van der Waals surface area (Å²) in [6, 6.07) is 9.84. The van der Waals surface area contributed by atoms with E-state index in [0.29, 0.717) is 41.6 Å². The van der Waals surface area contributed by atoms with Gasteiger partial charge in [0.25, 0.3) is 5.91 Å². The van der Waals surface area contributed by atoms with Crippen LogP contribution in [0.15, 0.2) is 67.4 Å². The number of carbonyl (C=O) groups excluding carboxylic acids is 1. The highest BCUT2D eigenvalue weighted by Crippen LogP contribution is 2.33. The summed E-state index contributed by atoms with van der Waals surface area (Å²) in [5.41, 5.74) is 3.03. The Hall–Kier alpha value is -5.01. The van der Waals surface area contributed by atoms with E-state index in [1.54, 1.807) is 22.9 Å². The van der Waals surface area contributed by atoms with E-state index in [4.69, 9.17) is 4.74 Å². The van der Waals surface area contributed by atoms with Crippen LogP contribution in [0.25, 0.3) is 16.9 Å². The van der Waals surface area contributed by atoms with E-state index in [-0.39, 0.29) is 23.2 Å². The monoisotopic (exact) mass is 667 g/mol. The number of likely N-dealkylation sites (tertiary alicyclic amines) is 1. The zero-order valence-electron chi connectivity index (χ0n) is 27.3. The summed E-state index contributed by atoms with van der Waals surface area (Å²) in [6.45, 7) is 8.31. The Kier molecular flexibility index (Phi) is 9.71. The number of rotatable bonds is 11. The van der Waals surface area contributed by atoms with Gasteiger partial charge in [0, 0.05) is 54.7 Å². The van der Waals surface area contributed by atoms with E-state index < -0.39 is 11.6 Å². The predicted octanol–water partition coefficient (Wildman–Crippen LogP) is 5.61. The van der Waals surface area contributed by atoms with Crippen LogP contribution in [0.2, 0.25) is 0 Å². The van der Waals surface area contributed by atoms with Crippen LogP contribution >= 0.6 is 0 Å². The van der Waals surface area contributed by atoms with E-state index in [0.717, 1.165) is 56.2 Å². The Labute approximate surface area is 283 Å². The maximum atomic E-state index is 15.3. The van der Waals surface area contributed by atoms with Crippen molar-refractivity contribution in [3.8, 4) is 23.0 Å². The Morgan fingerprint density at radius 1 is 1.00 bits per heavy atom. The van der Waals surface area contributed by atoms with Gasteiger partial charge >= 0.3 is 6.01 Å². The zero-order chi connectivity index (χ0) is 33.7. The maximum absolute atomic E-state index is 15.3. The predicted molar refractivity (Wildman–Crippen MR) is 182 cm³/mol. The molecule has 0 aliphatic carbocycles. The third kappa shape index (κ3) is 7.22. The molecule has 0 saturated carbocycles. The number of piperidine rings is 1. The van der Waals surface area contributed by atoms with E-state index >= 15 is 8.78 Å². The molecule has 254 valence electrons. The molecule has 2 aliphatic rings. The number of imidazole rings is 1. The van der Waals surface area contributed by atoms with E-state index in [9.17, 15) is 4.79 Å². The molecule has 1 amide bonds. The van der Waals surface area contributed by atoms with Crippen molar-refractivity contribution in [3.63, 3.8) is 0 Å². The van der Waals surface area contributed by atoms with Crippen molar-refractivity contribution in [2.45, 2.75) is 32.6 Å². The number of carbonyl (C=O) groups is 1. The smallest absolute Gasteiger partial charge is 0.321 e. The third-order valence-electron chi connectivity index (χ3n) is 9.42. The lowest BCUT2D eigenvalue weighted by molar-refractivity contribution is 0.0933. The molecule has 2 aliphatic heterocycles. The fourth-order valence-electron chi connectivity index (χ4n) is 6.71. The van der Waals surface area contributed by atoms with Crippen LogP contribution in [0, 0.1) is 23.5 Å². The lowest BCUT2D eigenvalue weighted by Gasteiger charge is -2.33. The van der Waals surface area contributed by atoms with Gasteiger partial charge < -0.3 is 25.6 Å². The number of halogens is 2. The van der Waals surface area contributed by atoms with Gasteiger partial charge in [-0.1, -0.05) is 6.92 Å². The van der Waals surface area contributed by atoms with Crippen molar-refractivity contribution < 1.29 is 18.3 Å². The number of hydrogen-bond acceptors (Lipinski definition) is 9. The van der Waals surface area contributed by atoms with Crippen molar-refractivity contribution >= 4 is 23.1 Å². The van der Waals surface area contributed by atoms with Gasteiger partial charge in [-0.2, -0.15) is 4.39 Å². The van der Waals surface area contributed by atoms with Crippen molar-refractivity contribution in [2.24, 2.45) is 11.8 Å². The first-order chi connectivity index (χ1) is 24.0. The molecule has 2 saturated heterocycles. The summed E-state index contributed by atoms with van der Waals surface area (Å²) < 4.78 is 37.3. The van der Waals surface area contributed by atoms with Gasteiger partial charge in [0.2, 0.25) is 5.82 Å². The molecular formula is C36H39F2N9O2. The third-order valence-corrected chi connectivity index (χ3v) is 9.42. The summed E-state index contributed by atoms with van der Waals surface area (Å²) >= 11 is 0. The van der Waals surface area contributed by atoms with Gasteiger partial charge in [0.05, 0.1) is 11.9 Å². The van der Waals surface area contributed by atoms with Crippen molar-refractivity contribution in [2.75, 3.05) is 44.6 Å². The first-order valence-electron chi connectivity index (χ1n) is 16.8. The van der Waals surface area contributed by atoms with Crippen LogP contribution in [0.1, 0.15) is 42.1 Å². The van der Waals surface area contributed by atoms with Crippen LogP contribution in [0.5, 0.6) is 11.8 Å². The molecule has 1 atom stereocenters. The standard InChI is InChI=1S/C36H39F2N9O2/c1-2-25-18-26(4-5-27(25)35(48)44-20-23-9-15-46(16-10-23)22-24-8-13-39-19-24)45-33-34-43-21-29(47(34)17-14-40-33)28-6-7-30(32(38)31(28)37)49-36-41-11-3-12-42-36/h3-7,11-12,14,17-18,21,23-24,39H,2,8-10,13,15-16,19-20,22H2,1H3,(H,40,45)(H,44,48). The number of benzene rings is 2. The minimum atomic E-state index is -1.17. The Morgan fingerprint density at radius 2 is 1.84 bits per heavy atom. The lowest BCUT2D eigenvalue weighted by Crippen LogP contribution is -2.41. The second-order valence-electron chi connectivity index (χ2n) is 12.6. The molecule has 13 heteroatoms. The summed E-state index contributed by atoms with van der Waals surface area (Å²) in [5.74, 6) is -0.986. The summed E-state index contributed by atoms with van der Waals surface area (Å²) in [6.07, 6.45) is 11.7. The molecule has 2 aromatic carbocycles. The zero-order valence-corrected chi connectivity index (χ0v) is 27.3. The van der Waals surface area contributed by atoms with Crippen LogP contribution in [-0.2, 0) is 6.42 Å². The van der Waals surface area contributed by atoms with Crippen LogP contribution in [0.4, 0.5) is 20.3 Å². The molecule has 2 fully saturated rings. The maximum Gasteiger partial charge on any atom is 0.321 e. The van der Waals surface area contributed by atoms with E-state index in [1.165, 1.54) is 43.7 Å². The summed E-state index contributed by atoms with van der Waals surface area (Å²) in [5, 5.41) is 9.93. The number of amides is 1. The largest absolute Gasteiger partial charge is 0.421 e. The van der Waals surface area contributed by atoms with Crippen molar-refractivity contribution in [1.82, 2.24) is 39.9 Å². The first-order valence-corrected chi connectivity index (χ1v) is 16.8. The molecule has 3 aromatic heterocycles. The molecule has 0 radical (unpaired) electrons. The van der Waals surface area contributed by atoms with Gasteiger partial charge in [0.15, 0.2) is 23.0 Å². The summed E-state index contributed by atoms with van der Waals surface area (Å²) in [4.78, 5) is 32.5. The second kappa shape index (κ2) is 14.6. The highest BCUT2D eigenvalue weighted by molar-refractivity contribution is 5.96. The molecular weight excluding hydrogens is 628 g/mol. The number of nitrogens with zero attached hydrogens (tertiary/aromatic N) is 6. The van der Waals surface area contributed by atoms with Crippen LogP contribution < -0.4 is 20.7 Å². The summed E-state index contributed by atoms with van der Waals surface area (Å²) in [7, 11) is 0. The fraction of sp³-hybridized carbons (Fsp3) is 0.361. The fourth-order valence-corrected chi connectivity index (χ4v) is 6.71. The highest BCUT2D eigenvalue weighted by Gasteiger charge is 2.24. The molecule has 49 heavy (non-hydrogen) atoms. The molecule has 0 spiro atoms. The van der Waals surface area contributed by atoms with Gasteiger partial charge in [-0.25, -0.2) is 24.3 Å². The second-order valence-corrected chi connectivity index (χ2v) is 12.6. The Bertz CT molecular complexity index is 1920. The number of aryl methyl sites for hydroxylation is 1. The first kappa shape index (κ1) is 32.5. The minimum absolute atomic E-state index is 0.000655. The number of nitrogens with one attached hydrogen (secondary N) is 3. The molecule has 5 heterocycles. The van der Waals surface area contributed by atoms with Gasteiger partial charge in [-0.05, 0) is 106 Å². The van der Waals surface area contributed by atoms with Crippen LogP contribution in [-0.4, -0.2) is 74.4 Å². The number of hydrogen-bond donors (Lipinski definition) is 3. The van der Waals surface area contributed by atoms with E-state index in [1.807, 2.05) is 25.1 Å². The average molecular weight is 668 g/mol. The van der Waals surface area contributed by atoms with Crippen molar-refractivity contribution in [1.29, 1.82) is 0 Å². The van der Waals surface area contributed by atoms with Gasteiger partial charge in [-0.3, -0.25) is 9.20 Å². The molecule has 0 bridgehead atoms. The number of aromatic nitrogens is 5. The quantitative estimate of drug-likeness (QED) is 0.165. The number of fused-ring (bicyclic) bond motifs is 1. The van der Waals surface area contributed by atoms with Gasteiger partial charge in [-0.15, -0.1) is 0 Å². The molecule has 11 nitrogen and oxygen atoms in total. The minimum Gasteiger partial charge on any atom is -0.421 e. The normalized spacial score (nSPS) is 17.0. The molecule has 1 unspecified atom stereocenters. The Balaban J connectivity index is 1.01. The SMILES string of the molecule is CCc1cc(Nc2nccn3c(-c4ccc(Oc5ncccn5)c(F)c4F)cnc23)ccc1C(=O)NCC1CCN(CC2CCNC2)CC1.